The van der Waals surface area contributed by atoms with Gasteiger partial charge in [0.1, 0.15) is 4.34 Å². The first-order valence-electron chi connectivity index (χ1n) is 7.53. The van der Waals surface area contributed by atoms with Crippen LogP contribution in [0.25, 0.3) is 0 Å². The van der Waals surface area contributed by atoms with Crippen LogP contribution in [0.1, 0.15) is 36.0 Å². The van der Waals surface area contributed by atoms with E-state index in [4.69, 9.17) is 0 Å². The van der Waals surface area contributed by atoms with E-state index in [1.165, 1.54) is 17.7 Å². The van der Waals surface area contributed by atoms with E-state index in [0.717, 1.165) is 34.3 Å². The second kappa shape index (κ2) is 6.83. The minimum Gasteiger partial charge on any atom is -0.339 e. The first-order valence-corrected chi connectivity index (χ1v) is 9.40. The van der Waals surface area contributed by atoms with Gasteiger partial charge in [-0.05, 0) is 30.6 Å². The molecule has 5 nitrogen and oxygen atoms in total. The zero-order chi connectivity index (χ0) is 15.5. The lowest BCUT2D eigenvalue weighted by Gasteiger charge is -2.15. The van der Waals surface area contributed by atoms with Crippen LogP contribution in [0.5, 0.6) is 0 Å². The number of carbonyl (C=O) groups excluding carboxylic acids is 1. The standard InChI is InChI=1S/C15H20N4OS2/c1-3-21-15-16-10(9-22-15)7-14(20)19(2)8-13-11-5-4-6-12(11)17-18-13/h9H,3-8H2,1-2H3,(H,17,18). The number of thiazole rings is 1. The van der Waals surface area contributed by atoms with Gasteiger partial charge in [-0.2, -0.15) is 5.10 Å². The van der Waals surface area contributed by atoms with E-state index in [1.807, 2.05) is 12.4 Å². The zero-order valence-corrected chi connectivity index (χ0v) is 14.5. The van der Waals surface area contributed by atoms with Crippen molar-refractivity contribution in [1.29, 1.82) is 0 Å². The number of hydrogen-bond acceptors (Lipinski definition) is 5. The largest absolute Gasteiger partial charge is 0.339 e. The van der Waals surface area contributed by atoms with Gasteiger partial charge in [0.15, 0.2) is 0 Å². The van der Waals surface area contributed by atoms with Gasteiger partial charge in [0.25, 0.3) is 0 Å². The van der Waals surface area contributed by atoms with E-state index < -0.39 is 0 Å². The highest BCUT2D eigenvalue weighted by Gasteiger charge is 2.21. The highest BCUT2D eigenvalue weighted by Crippen LogP contribution is 2.24. The number of nitrogens with one attached hydrogen (secondary N) is 1. The molecular formula is C15H20N4OS2. The fourth-order valence-corrected chi connectivity index (χ4v) is 4.42. The molecule has 22 heavy (non-hydrogen) atoms. The van der Waals surface area contributed by atoms with Crippen molar-refractivity contribution in [3.8, 4) is 0 Å². The molecule has 0 saturated carbocycles. The predicted octanol–water partition coefficient (Wildman–Crippen LogP) is 2.67. The molecule has 7 heteroatoms. The second-order valence-electron chi connectivity index (χ2n) is 5.45. The number of thioether (sulfide) groups is 1. The first kappa shape index (κ1) is 15.6. The molecule has 0 bridgehead atoms. The number of likely N-dealkylation sites (N-methyl/N-ethyl adjacent to an activating group) is 1. The van der Waals surface area contributed by atoms with E-state index in [0.29, 0.717) is 13.0 Å². The molecule has 0 aromatic carbocycles. The Bertz CT molecular complexity index is 664. The van der Waals surface area contributed by atoms with Gasteiger partial charge in [-0.25, -0.2) is 4.98 Å². The fourth-order valence-electron chi connectivity index (χ4n) is 2.68. The van der Waals surface area contributed by atoms with E-state index in [1.54, 1.807) is 28.0 Å². The number of nitrogens with zero attached hydrogens (tertiary/aromatic N) is 3. The van der Waals surface area contributed by atoms with Crippen LogP contribution >= 0.6 is 23.1 Å². The molecule has 0 atom stereocenters. The molecule has 1 aliphatic rings. The highest BCUT2D eigenvalue weighted by atomic mass is 32.2. The summed E-state index contributed by atoms with van der Waals surface area (Å²) in [6, 6.07) is 0. The number of carbonyl (C=O) groups is 1. The number of H-pyrrole nitrogens is 1. The van der Waals surface area contributed by atoms with Crippen molar-refractivity contribution in [2.75, 3.05) is 12.8 Å². The molecule has 1 amide bonds. The van der Waals surface area contributed by atoms with Gasteiger partial charge in [-0.3, -0.25) is 9.89 Å². The minimum atomic E-state index is 0.0908. The van der Waals surface area contributed by atoms with E-state index in [9.17, 15) is 4.79 Å². The van der Waals surface area contributed by atoms with Crippen LogP contribution in [0.15, 0.2) is 9.72 Å². The predicted molar refractivity (Wildman–Crippen MR) is 89.3 cm³/mol. The van der Waals surface area contributed by atoms with Gasteiger partial charge in [0.2, 0.25) is 5.91 Å². The summed E-state index contributed by atoms with van der Waals surface area (Å²) >= 11 is 3.33. The Morgan fingerprint density at radius 2 is 2.36 bits per heavy atom. The number of rotatable bonds is 6. The lowest BCUT2D eigenvalue weighted by molar-refractivity contribution is -0.129. The van der Waals surface area contributed by atoms with Gasteiger partial charge in [-0.1, -0.05) is 18.7 Å². The van der Waals surface area contributed by atoms with Gasteiger partial charge >= 0.3 is 0 Å². The summed E-state index contributed by atoms with van der Waals surface area (Å²) in [5.41, 5.74) is 4.44. The van der Waals surface area contributed by atoms with Gasteiger partial charge in [0, 0.05) is 18.1 Å². The van der Waals surface area contributed by atoms with Crippen LogP contribution in [0.3, 0.4) is 0 Å². The first-order chi connectivity index (χ1) is 10.7. The van der Waals surface area contributed by atoms with Crippen molar-refractivity contribution >= 4 is 29.0 Å². The topological polar surface area (TPSA) is 61.9 Å². The molecule has 0 radical (unpaired) electrons. The molecule has 1 aliphatic carbocycles. The van der Waals surface area contributed by atoms with Crippen molar-refractivity contribution in [3.63, 3.8) is 0 Å². The lowest BCUT2D eigenvalue weighted by atomic mass is 10.2. The van der Waals surface area contributed by atoms with Gasteiger partial charge < -0.3 is 4.90 Å². The molecule has 1 N–H and O–H groups in total. The third-order valence-corrected chi connectivity index (χ3v) is 5.79. The number of aromatic amines is 1. The van der Waals surface area contributed by atoms with E-state index in [-0.39, 0.29) is 5.91 Å². The number of amides is 1. The smallest absolute Gasteiger partial charge is 0.228 e. The third kappa shape index (κ3) is 3.35. The van der Waals surface area contributed by atoms with Crippen molar-refractivity contribution in [2.24, 2.45) is 0 Å². The molecule has 2 aromatic rings. The lowest BCUT2D eigenvalue weighted by Crippen LogP contribution is -2.28. The number of aromatic nitrogens is 3. The maximum atomic E-state index is 12.4. The fraction of sp³-hybridized carbons (Fsp3) is 0.533. The molecule has 2 heterocycles. The number of fused-ring (bicyclic) bond motifs is 1. The summed E-state index contributed by atoms with van der Waals surface area (Å²) in [7, 11) is 1.84. The molecule has 0 spiro atoms. The van der Waals surface area contributed by atoms with Crippen LogP contribution in [0.2, 0.25) is 0 Å². The molecule has 0 fully saturated rings. The molecule has 118 valence electrons. The van der Waals surface area contributed by atoms with Crippen LogP contribution in [0.4, 0.5) is 0 Å². The number of aryl methyl sites for hydroxylation is 1. The highest BCUT2D eigenvalue weighted by molar-refractivity contribution is 8.00. The van der Waals surface area contributed by atoms with Gasteiger partial charge in [0.05, 0.1) is 24.4 Å². The van der Waals surface area contributed by atoms with E-state index >= 15 is 0 Å². The maximum Gasteiger partial charge on any atom is 0.228 e. The normalized spacial score (nSPS) is 13.4. The van der Waals surface area contributed by atoms with Crippen LogP contribution in [-0.2, 0) is 30.6 Å². The summed E-state index contributed by atoms with van der Waals surface area (Å²) in [5, 5.41) is 9.44. The van der Waals surface area contributed by atoms with Crippen molar-refractivity contribution in [2.45, 2.75) is 43.5 Å². The molecule has 0 unspecified atom stereocenters. The SMILES string of the molecule is CCSc1nc(CC(=O)N(C)Cc2n[nH]c3c2CCC3)cs1. The Morgan fingerprint density at radius 1 is 1.50 bits per heavy atom. The number of hydrogen-bond donors (Lipinski definition) is 1. The average Bonchev–Trinajstić information content (AvgIpc) is 3.18. The summed E-state index contributed by atoms with van der Waals surface area (Å²) in [6.07, 6.45) is 3.71. The Morgan fingerprint density at radius 3 is 3.18 bits per heavy atom. The quantitative estimate of drug-likeness (QED) is 0.824. The molecular weight excluding hydrogens is 316 g/mol. The van der Waals surface area contributed by atoms with Crippen molar-refractivity contribution in [1.82, 2.24) is 20.1 Å². The Hall–Kier alpha value is -1.34. The Balaban J connectivity index is 1.59. The molecule has 0 aliphatic heterocycles. The van der Waals surface area contributed by atoms with Crippen LogP contribution in [0, 0.1) is 0 Å². The molecule has 2 aromatic heterocycles. The molecule has 0 saturated heterocycles. The Kier molecular flexibility index (Phi) is 4.83. The summed E-state index contributed by atoms with van der Waals surface area (Å²) in [4.78, 5) is 18.6. The second-order valence-corrected chi connectivity index (χ2v) is 7.81. The van der Waals surface area contributed by atoms with Gasteiger partial charge in [-0.15, -0.1) is 11.3 Å². The maximum absolute atomic E-state index is 12.4. The Labute approximate surface area is 138 Å². The monoisotopic (exact) mass is 336 g/mol. The molecule has 3 rings (SSSR count). The van der Waals surface area contributed by atoms with Crippen LogP contribution in [-0.4, -0.2) is 38.8 Å². The zero-order valence-electron chi connectivity index (χ0n) is 12.9. The van der Waals surface area contributed by atoms with Crippen molar-refractivity contribution in [3.05, 3.63) is 28.0 Å². The minimum absolute atomic E-state index is 0.0908. The summed E-state index contributed by atoms with van der Waals surface area (Å²) in [5.74, 6) is 1.10. The van der Waals surface area contributed by atoms with E-state index in [2.05, 4.69) is 22.1 Å². The third-order valence-electron chi connectivity index (χ3n) is 3.84. The van der Waals surface area contributed by atoms with Crippen LogP contribution < -0.4 is 0 Å². The summed E-state index contributed by atoms with van der Waals surface area (Å²) < 4.78 is 1.04. The van der Waals surface area contributed by atoms with Crippen molar-refractivity contribution < 1.29 is 4.79 Å². The summed E-state index contributed by atoms with van der Waals surface area (Å²) in [6.45, 7) is 2.68. The average molecular weight is 336 g/mol.